The third-order valence-corrected chi connectivity index (χ3v) is 6.07. The third-order valence-electron chi connectivity index (χ3n) is 6.07. The average molecular weight is 512 g/mol. The second-order valence-electron chi connectivity index (χ2n) is 10.3. The summed E-state index contributed by atoms with van der Waals surface area (Å²) in [5, 5.41) is 36.9. The van der Waals surface area contributed by atoms with Crippen molar-refractivity contribution in [3.8, 4) is 0 Å². The van der Waals surface area contributed by atoms with Crippen LogP contribution in [0.5, 0.6) is 0 Å². The maximum absolute atomic E-state index is 13.1. The Kier molecular flexibility index (Phi) is 9.45. The number of hydrogen-bond acceptors (Lipinski definition) is 7. The SMILES string of the molecule is CO[C@@H](C(=O)NC1CN(Cc2ccccc2)c2ccccc2NC1=O)[C@H](O)[C@@H](O)[C@H](O)/C=C/C(C)(C)C. The summed E-state index contributed by atoms with van der Waals surface area (Å²) in [5.74, 6) is -1.21. The van der Waals surface area contributed by atoms with Crippen LogP contribution in [-0.2, 0) is 20.9 Å². The summed E-state index contributed by atoms with van der Waals surface area (Å²) >= 11 is 0. The number of nitrogens with one attached hydrogen (secondary N) is 2. The molecule has 0 saturated carbocycles. The first-order valence-corrected chi connectivity index (χ1v) is 12.3. The number of carbonyl (C=O) groups excluding carboxylic acids is 2. The van der Waals surface area contributed by atoms with Gasteiger partial charge in [-0.2, -0.15) is 0 Å². The molecule has 5 N–H and O–H groups in total. The first kappa shape index (κ1) is 28.3. The number of hydrogen-bond donors (Lipinski definition) is 5. The second kappa shape index (κ2) is 12.3. The zero-order valence-electron chi connectivity index (χ0n) is 21.7. The molecule has 1 aliphatic heterocycles. The highest BCUT2D eigenvalue weighted by Gasteiger charge is 2.38. The zero-order chi connectivity index (χ0) is 27.2. The number of rotatable bonds is 9. The zero-order valence-corrected chi connectivity index (χ0v) is 21.7. The van der Waals surface area contributed by atoms with Gasteiger partial charge in [0.1, 0.15) is 24.4 Å². The molecule has 2 aromatic carbocycles. The summed E-state index contributed by atoms with van der Waals surface area (Å²) < 4.78 is 5.18. The highest BCUT2D eigenvalue weighted by Crippen LogP contribution is 2.30. The first-order chi connectivity index (χ1) is 17.5. The van der Waals surface area contributed by atoms with Crippen molar-refractivity contribution >= 4 is 23.2 Å². The Labute approximate surface area is 217 Å². The Hall–Kier alpha value is -3.24. The van der Waals surface area contributed by atoms with Gasteiger partial charge in [0.25, 0.3) is 5.91 Å². The lowest BCUT2D eigenvalue weighted by atomic mass is 9.94. The molecule has 1 unspecified atom stereocenters. The molecule has 9 heteroatoms. The van der Waals surface area contributed by atoms with E-state index in [0.29, 0.717) is 12.2 Å². The summed E-state index contributed by atoms with van der Waals surface area (Å²) in [7, 11) is 1.21. The van der Waals surface area contributed by atoms with E-state index in [9.17, 15) is 24.9 Å². The van der Waals surface area contributed by atoms with E-state index in [1.807, 2.05) is 74.2 Å². The molecule has 0 spiro atoms. The number of allylic oxidation sites excluding steroid dienone is 1. The molecule has 2 aromatic rings. The van der Waals surface area contributed by atoms with Crippen molar-refractivity contribution < 1.29 is 29.6 Å². The molecule has 0 fully saturated rings. The molecular weight excluding hydrogens is 474 g/mol. The van der Waals surface area contributed by atoms with Crippen molar-refractivity contribution in [1.82, 2.24) is 5.32 Å². The maximum atomic E-state index is 13.1. The van der Waals surface area contributed by atoms with E-state index in [2.05, 4.69) is 10.6 Å². The van der Waals surface area contributed by atoms with Crippen LogP contribution in [0.1, 0.15) is 26.3 Å². The number of nitrogens with zero attached hydrogens (tertiary/aromatic N) is 1. The quantitative estimate of drug-likeness (QED) is 0.325. The number of benzene rings is 2. The summed E-state index contributed by atoms with van der Waals surface area (Å²) in [6, 6.07) is 16.2. The summed E-state index contributed by atoms with van der Waals surface area (Å²) in [4.78, 5) is 28.2. The van der Waals surface area contributed by atoms with E-state index in [1.165, 1.54) is 13.2 Å². The number of aliphatic hydroxyl groups excluding tert-OH is 3. The molecule has 0 bridgehead atoms. The van der Waals surface area contributed by atoms with Crippen molar-refractivity contribution in [2.45, 2.75) is 57.8 Å². The van der Waals surface area contributed by atoms with E-state index in [-0.39, 0.29) is 12.0 Å². The molecule has 9 nitrogen and oxygen atoms in total. The monoisotopic (exact) mass is 511 g/mol. The maximum Gasteiger partial charge on any atom is 0.252 e. The predicted octanol–water partition coefficient (Wildman–Crippen LogP) is 1.83. The lowest BCUT2D eigenvalue weighted by Gasteiger charge is -2.30. The van der Waals surface area contributed by atoms with Gasteiger partial charge in [0.05, 0.1) is 11.4 Å². The van der Waals surface area contributed by atoms with Crippen LogP contribution in [-0.4, -0.2) is 71.2 Å². The normalized spacial score (nSPS) is 19.4. The lowest BCUT2D eigenvalue weighted by molar-refractivity contribution is -0.150. The second-order valence-corrected chi connectivity index (χ2v) is 10.3. The number of anilines is 2. The Morgan fingerprint density at radius 1 is 1.11 bits per heavy atom. The largest absolute Gasteiger partial charge is 0.387 e. The number of fused-ring (bicyclic) bond motifs is 1. The van der Waals surface area contributed by atoms with Gasteiger partial charge < -0.3 is 35.6 Å². The van der Waals surface area contributed by atoms with Crippen LogP contribution in [0.3, 0.4) is 0 Å². The van der Waals surface area contributed by atoms with Gasteiger partial charge in [0, 0.05) is 20.2 Å². The average Bonchev–Trinajstić information content (AvgIpc) is 2.98. The number of para-hydroxylation sites is 2. The van der Waals surface area contributed by atoms with E-state index >= 15 is 0 Å². The minimum Gasteiger partial charge on any atom is -0.387 e. The van der Waals surface area contributed by atoms with Crippen LogP contribution in [0, 0.1) is 5.41 Å². The number of amides is 2. The Morgan fingerprint density at radius 2 is 1.76 bits per heavy atom. The smallest absolute Gasteiger partial charge is 0.252 e. The molecule has 1 heterocycles. The number of aliphatic hydroxyl groups is 3. The van der Waals surface area contributed by atoms with Crippen LogP contribution in [0.2, 0.25) is 0 Å². The molecule has 5 atom stereocenters. The molecule has 0 aromatic heterocycles. The number of methoxy groups -OCH3 is 1. The van der Waals surface area contributed by atoms with Gasteiger partial charge in [0.2, 0.25) is 5.91 Å². The minimum absolute atomic E-state index is 0.162. The van der Waals surface area contributed by atoms with Crippen LogP contribution >= 0.6 is 0 Å². The Bertz CT molecular complexity index is 1080. The van der Waals surface area contributed by atoms with Crippen molar-refractivity contribution in [3.63, 3.8) is 0 Å². The predicted molar refractivity (Wildman–Crippen MR) is 142 cm³/mol. The van der Waals surface area contributed by atoms with Crippen molar-refractivity contribution in [2.24, 2.45) is 5.41 Å². The van der Waals surface area contributed by atoms with Gasteiger partial charge in [0.15, 0.2) is 6.10 Å². The van der Waals surface area contributed by atoms with Gasteiger partial charge in [-0.25, -0.2) is 0 Å². The topological polar surface area (TPSA) is 131 Å². The minimum atomic E-state index is -1.74. The van der Waals surface area contributed by atoms with Crippen LogP contribution in [0.25, 0.3) is 0 Å². The fraction of sp³-hybridized carbons (Fsp3) is 0.429. The van der Waals surface area contributed by atoms with Crippen LogP contribution in [0.15, 0.2) is 66.7 Å². The van der Waals surface area contributed by atoms with Gasteiger partial charge in [-0.3, -0.25) is 9.59 Å². The fourth-order valence-electron chi connectivity index (χ4n) is 4.08. The van der Waals surface area contributed by atoms with Gasteiger partial charge in [-0.1, -0.05) is 75.4 Å². The number of carbonyl (C=O) groups is 2. The van der Waals surface area contributed by atoms with Crippen molar-refractivity contribution in [2.75, 3.05) is 23.9 Å². The van der Waals surface area contributed by atoms with Gasteiger partial charge >= 0.3 is 0 Å². The van der Waals surface area contributed by atoms with Crippen LogP contribution in [0.4, 0.5) is 11.4 Å². The van der Waals surface area contributed by atoms with E-state index in [1.54, 1.807) is 12.1 Å². The Morgan fingerprint density at radius 3 is 2.41 bits per heavy atom. The Balaban J connectivity index is 1.76. The van der Waals surface area contributed by atoms with Crippen molar-refractivity contribution in [1.29, 1.82) is 0 Å². The van der Waals surface area contributed by atoms with Crippen molar-refractivity contribution in [3.05, 3.63) is 72.3 Å². The molecule has 37 heavy (non-hydrogen) atoms. The molecule has 1 aliphatic rings. The highest BCUT2D eigenvalue weighted by molar-refractivity contribution is 6.01. The fourth-order valence-corrected chi connectivity index (χ4v) is 4.08. The standard InChI is InChI=1S/C28H37N3O6/c1-28(2,3)15-14-22(32)23(33)24(34)25(37-4)27(36)30-20-17-31(16-18-10-6-5-7-11-18)21-13-9-8-12-19(21)29-26(20)35/h5-15,20,22-25,32-34H,16-17H2,1-4H3,(H,29,35)(H,30,36)/b15-14+/t20?,22-,23+,24-,25-/m1/s1. The molecule has 0 radical (unpaired) electrons. The third kappa shape index (κ3) is 7.62. The first-order valence-electron chi connectivity index (χ1n) is 12.3. The molecule has 0 saturated heterocycles. The molecule has 200 valence electrons. The number of ether oxygens (including phenoxy) is 1. The van der Waals surface area contributed by atoms with E-state index in [0.717, 1.165) is 11.3 Å². The molecule has 3 rings (SSSR count). The summed E-state index contributed by atoms with van der Waals surface area (Å²) in [5.41, 5.74) is 2.21. The van der Waals surface area contributed by atoms with E-state index < -0.39 is 42.3 Å². The molecular formula is C28H37N3O6. The lowest BCUT2D eigenvalue weighted by Crippen LogP contribution is -2.56. The molecule has 0 aliphatic carbocycles. The summed E-state index contributed by atoms with van der Waals surface area (Å²) in [6.07, 6.45) is -3.29. The van der Waals surface area contributed by atoms with Crippen LogP contribution < -0.4 is 15.5 Å². The van der Waals surface area contributed by atoms with Gasteiger partial charge in [-0.05, 0) is 23.1 Å². The molecule has 2 amide bonds. The van der Waals surface area contributed by atoms with E-state index in [4.69, 9.17) is 4.74 Å². The highest BCUT2D eigenvalue weighted by atomic mass is 16.5. The summed E-state index contributed by atoms with van der Waals surface area (Å²) in [6.45, 7) is 6.42. The van der Waals surface area contributed by atoms with Gasteiger partial charge in [-0.15, -0.1) is 0 Å².